The lowest BCUT2D eigenvalue weighted by Gasteiger charge is -2.20. The Morgan fingerprint density at radius 2 is 1.56 bits per heavy atom. The molecule has 0 spiro atoms. The normalized spacial score (nSPS) is 13.4. The largest absolute Gasteiger partial charge is 0.444 e. The van der Waals surface area contributed by atoms with Gasteiger partial charge in [-0.05, 0) is 70.6 Å². The number of ether oxygens (including phenoxy) is 1. The van der Waals surface area contributed by atoms with Crippen LogP contribution in [-0.2, 0) is 35.3 Å². The number of carbonyl (C=O) groups is 6. The van der Waals surface area contributed by atoms with Crippen molar-refractivity contribution in [2.75, 3.05) is 25.0 Å². The summed E-state index contributed by atoms with van der Waals surface area (Å²) in [5.74, 6) is -1.98. The minimum Gasteiger partial charge on any atom is -0.444 e. The molecular formula is C30H43N5O8. The lowest BCUT2D eigenvalue weighted by Crippen LogP contribution is -2.47. The monoisotopic (exact) mass is 601 g/mol. The van der Waals surface area contributed by atoms with Gasteiger partial charge in [0.15, 0.2) is 0 Å². The van der Waals surface area contributed by atoms with Gasteiger partial charge in [-0.25, -0.2) is 4.79 Å². The summed E-state index contributed by atoms with van der Waals surface area (Å²) in [6.07, 6.45) is 5.15. The number of hydrogen-bond acceptors (Lipinski definition) is 8. The zero-order chi connectivity index (χ0) is 31.8. The van der Waals surface area contributed by atoms with Crippen molar-refractivity contribution < 1.29 is 38.6 Å². The van der Waals surface area contributed by atoms with Gasteiger partial charge in [0.2, 0.25) is 17.7 Å². The van der Waals surface area contributed by atoms with Gasteiger partial charge in [0.1, 0.15) is 11.6 Å². The Labute approximate surface area is 251 Å². The number of alkyl carbamates (subject to hydrolysis) is 1. The number of aliphatic hydroxyl groups excluding tert-OH is 1. The van der Waals surface area contributed by atoms with Crippen LogP contribution < -0.4 is 21.3 Å². The molecule has 13 heteroatoms. The van der Waals surface area contributed by atoms with Gasteiger partial charge in [-0.15, -0.1) is 0 Å². The van der Waals surface area contributed by atoms with Crippen LogP contribution in [0.1, 0.15) is 71.3 Å². The minimum absolute atomic E-state index is 0.131. The zero-order valence-corrected chi connectivity index (χ0v) is 25.1. The molecule has 0 fully saturated rings. The molecule has 2 rings (SSSR count). The van der Waals surface area contributed by atoms with Gasteiger partial charge in [0.25, 0.3) is 11.8 Å². The average Bonchev–Trinajstić information content (AvgIpc) is 3.26. The fraction of sp³-hybridized carbons (Fsp3) is 0.533. The molecule has 1 heterocycles. The van der Waals surface area contributed by atoms with Gasteiger partial charge < -0.3 is 31.1 Å². The number of anilines is 1. The standard InChI is InChI=1S/C30H43N5O8/c1-30(2,3)43-29(42)31-17-7-6-9-23(28(41)33-22-13-11-21(20-36)12-14-22)34-25(38)19-32-24(37)10-5-4-8-18-35-26(39)15-16-27(35)40/h11-16,23,36H,4-10,17-20H2,1-3H3,(H,31,42)(H,32,37)(H,33,41)(H,34,38). The molecule has 5 N–H and O–H groups in total. The third-order valence-corrected chi connectivity index (χ3v) is 6.28. The van der Waals surface area contributed by atoms with Crippen LogP contribution >= 0.6 is 0 Å². The summed E-state index contributed by atoms with van der Waals surface area (Å²) >= 11 is 0. The van der Waals surface area contributed by atoms with Gasteiger partial charge in [0.05, 0.1) is 13.2 Å². The second-order valence-electron chi connectivity index (χ2n) is 11.1. The molecule has 0 saturated heterocycles. The molecule has 1 unspecified atom stereocenters. The predicted molar refractivity (Wildman–Crippen MR) is 158 cm³/mol. The van der Waals surface area contributed by atoms with Gasteiger partial charge in [-0.1, -0.05) is 18.6 Å². The molecule has 1 aliphatic rings. The summed E-state index contributed by atoms with van der Waals surface area (Å²) in [4.78, 5) is 73.9. The number of aliphatic hydroxyl groups is 1. The Bertz CT molecular complexity index is 1140. The molecule has 0 radical (unpaired) electrons. The van der Waals surface area contributed by atoms with E-state index in [1.54, 1.807) is 45.0 Å². The molecular weight excluding hydrogens is 558 g/mol. The van der Waals surface area contributed by atoms with E-state index in [-0.39, 0.29) is 43.7 Å². The Balaban J connectivity index is 1.78. The van der Waals surface area contributed by atoms with Gasteiger partial charge in [0, 0.05) is 37.3 Å². The van der Waals surface area contributed by atoms with E-state index in [1.165, 1.54) is 12.2 Å². The summed E-state index contributed by atoms with van der Waals surface area (Å²) < 4.78 is 5.20. The van der Waals surface area contributed by atoms with Crippen molar-refractivity contribution in [1.29, 1.82) is 0 Å². The third kappa shape index (κ3) is 14.0. The number of imide groups is 1. The van der Waals surface area contributed by atoms with E-state index in [2.05, 4.69) is 21.3 Å². The number of nitrogens with one attached hydrogen (secondary N) is 4. The zero-order valence-electron chi connectivity index (χ0n) is 25.1. The molecule has 236 valence electrons. The van der Waals surface area contributed by atoms with Crippen LogP contribution in [0.25, 0.3) is 0 Å². The highest BCUT2D eigenvalue weighted by Gasteiger charge is 2.23. The fourth-order valence-electron chi connectivity index (χ4n) is 4.07. The fourth-order valence-corrected chi connectivity index (χ4v) is 4.07. The van der Waals surface area contributed by atoms with Crippen molar-refractivity contribution in [2.24, 2.45) is 0 Å². The highest BCUT2D eigenvalue weighted by atomic mass is 16.6. The molecule has 0 aliphatic carbocycles. The van der Waals surface area contributed by atoms with E-state index in [9.17, 15) is 33.9 Å². The minimum atomic E-state index is -0.894. The summed E-state index contributed by atoms with van der Waals surface area (Å²) in [7, 11) is 0. The lowest BCUT2D eigenvalue weighted by molar-refractivity contribution is -0.137. The quantitative estimate of drug-likeness (QED) is 0.132. The molecule has 1 aliphatic heterocycles. The summed E-state index contributed by atoms with van der Waals surface area (Å²) in [5.41, 5.74) is 0.567. The van der Waals surface area contributed by atoms with Crippen molar-refractivity contribution in [1.82, 2.24) is 20.9 Å². The van der Waals surface area contributed by atoms with E-state index < -0.39 is 29.6 Å². The van der Waals surface area contributed by atoms with E-state index in [4.69, 9.17) is 4.74 Å². The van der Waals surface area contributed by atoms with Crippen molar-refractivity contribution >= 4 is 41.3 Å². The maximum Gasteiger partial charge on any atom is 0.407 e. The first kappa shape index (κ1) is 34.9. The maximum absolute atomic E-state index is 13.0. The Morgan fingerprint density at radius 3 is 2.19 bits per heavy atom. The van der Waals surface area contributed by atoms with Crippen LogP contribution in [-0.4, -0.2) is 76.9 Å². The van der Waals surface area contributed by atoms with E-state index in [0.29, 0.717) is 56.4 Å². The second-order valence-corrected chi connectivity index (χ2v) is 11.1. The number of unbranched alkanes of at least 4 members (excludes halogenated alkanes) is 3. The van der Waals surface area contributed by atoms with Crippen molar-refractivity contribution in [3.05, 3.63) is 42.0 Å². The summed E-state index contributed by atoms with van der Waals surface area (Å²) in [6.45, 7) is 5.48. The van der Waals surface area contributed by atoms with Gasteiger partial charge in [-0.3, -0.25) is 28.9 Å². The van der Waals surface area contributed by atoms with Crippen LogP contribution in [0, 0.1) is 0 Å². The molecule has 1 aromatic carbocycles. The molecule has 0 bridgehead atoms. The first-order valence-electron chi connectivity index (χ1n) is 14.4. The lowest BCUT2D eigenvalue weighted by atomic mass is 10.1. The highest BCUT2D eigenvalue weighted by molar-refractivity contribution is 6.12. The number of rotatable bonds is 17. The highest BCUT2D eigenvalue weighted by Crippen LogP contribution is 2.12. The average molecular weight is 602 g/mol. The molecule has 13 nitrogen and oxygen atoms in total. The van der Waals surface area contributed by atoms with Crippen molar-refractivity contribution in [3.8, 4) is 0 Å². The second kappa shape index (κ2) is 17.6. The van der Waals surface area contributed by atoms with Gasteiger partial charge >= 0.3 is 6.09 Å². The molecule has 6 amide bonds. The smallest absolute Gasteiger partial charge is 0.407 e. The van der Waals surface area contributed by atoms with Crippen LogP contribution in [0.5, 0.6) is 0 Å². The SMILES string of the molecule is CC(C)(C)OC(=O)NCCCCC(NC(=O)CNC(=O)CCCCCN1C(=O)C=CC1=O)C(=O)Nc1ccc(CO)cc1. The summed E-state index contributed by atoms with van der Waals surface area (Å²) in [5, 5.41) is 19.8. The van der Waals surface area contributed by atoms with Crippen molar-refractivity contribution in [3.63, 3.8) is 0 Å². The van der Waals surface area contributed by atoms with E-state index >= 15 is 0 Å². The Morgan fingerprint density at radius 1 is 0.884 bits per heavy atom. The van der Waals surface area contributed by atoms with E-state index in [1.807, 2.05) is 0 Å². The number of carbonyl (C=O) groups excluding carboxylic acids is 6. The number of amides is 6. The topological polar surface area (TPSA) is 183 Å². The Hall–Kier alpha value is -4.26. The number of nitrogens with zero attached hydrogens (tertiary/aromatic N) is 1. The first-order valence-corrected chi connectivity index (χ1v) is 14.4. The molecule has 1 aromatic rings. The van der Waals surface area contributed by atoms with Crippen LogP contribution in [0.4, 0.5) is 10.5 Å². The predicted octanol–water partition coefficient (Wildman–Crippen LogP) is 1.90. The van der Waals surface area contributed by atoms with E-state index in [0.717, 1.165) is 4.90 Å². The Kier molecular flexibility index (Phi) is 14.3. The third-order valence-electron chi connectivity index (χ3n) is 6.28. The van der Waals surface area contributed by atoms with Crippen LogP contribution in [0.2, 0.25) is 0 Å². The maximum atomic E-state index is 13.0. The van der Waals surface area contributed by atoms with Crippen LogP contribution in [0.3, 0.4) is 0 Å². The molecule has 43 heavy (non-hydrogen) atoms. The number of hydrogen-bond donors (Lipinski definition) is 5. The van der Waals surface area contributed by atoms with Gasteiger partial charge in [-0.2, -0.15) is 0 Å². The van der Waals surface area contributed by atoms with Crippen LogP contribution in [0.15, 0.2) is 36.4 Å². The number of benzene rings is 1. The molecule has 1 atom stereocenters. The molecule has 0 aromatic heterocycles. The summed E-state index contributed by atoms with van der Waals surface area (Å²) in [6, 6.07) is 5.73. The first-order chi connectivity index (χ1) is 20.4. The molecule has 0 saturated carbocycles. The van der Waals surface area contributed by atoms with Crippen molar-refractivity contribution in [2.45, 2.75) is 84.0 Å².